The van der Waals surface area contributed by atoms with Crippen LogP contribution in [0, 0.1) is 5.92 Å². The summed E-state index contributed by atoms with van der Waals surface area (Å²) in [5.74, 6) is 1.64. The first-order valence-corrected chi connectivity index (χ1v) is 8.03. The Morgan fingerprint density at radius 1 is 1.25 bits per heavy atom. The van der Waals surface area contributed by atoms with Crippen LogP contribution in [-0.4, -0.2) is 11.2 Å². The smallest absolute Gasteiger partial charge is 0.125 e. The zero-order chi connectivity index (χ0) is 14.6. The lowest BCUT2D eigenvalue weighted by atomic mass is 9.74. The van der Waals surface area contributed by atoms with Gasteiger partial charge in [0.2, 0.25) is 0 Å². The maximum absolute atomic E-state index is 11.0. The molecule has 2 nitrogen and oxygen atoms in total. The van der Waals surface area contributed by atoms with Crippen LogP contribution < -0.4 is 4.74 Å². The maximum atomic E-state index is 11.0. The topological polar surface area (TPSA) is 29.5 Å². The van der Waals surface area contributed by atoms with Gasteiger partial charge in [-0.15, -0.1) is 0 Å². The van der Waals surface area contributed by atoms with Gasteiger partial charge in [0, 0.05) is 5.56 Å². The molecule has 0 bridgehead atoms. The van der Waals surface area contributed by atoms with E-state index in [1.807, 2.05) is 38.1 Å². The number of benzene rings is 1. The Kier molecular flexibility index (Phi) is 5.09. The van der Waals surface area contributed by atoms with Crippen LogP contribution in [0.25, 0.3) is 0 Å². The molecule has 20 heavy (non-hydrogen) atoms. The molecule has 112 valence electrons. The average molecular weight is 276 g/mol. The van der Waals surface area contributed by atoms with Gasteiger partial charge < -0.3 is 9.84 Å². The number of rotatable bonds is 5. The third-order valence-electron chi connectivity index (χ3n) is 4.38. The SMILES string of the molecule is CCCC1CCC(O)(c2ccccc2OC(C)C)CC1. The van der Waals surface area contributed by atoms with Crippen LogP contribution in [0.15, 0.2) is 24.3 Å². The van der Waals surface area contributed by atoms with E-state index in [1.165, 1.54) is 12.8 Å². The van der Waals surface area contributed by atoms with E-state index in [9.17, 15) is 5.11 Å². The van der Waals surface area contributed by atoms with Crippen molar-refractivity contribution in [1.29, 1.82) is 0 Å². The second-order valence-corrected chi connectivity index (χ2v) is 6.43. The fourth-order valence-electron chi connectivity index (χ4n) is 3.33. The monoisotopic (exact) mass is 276 g/mol. The summed E-state index contributed by atoms with van der Waals surface area (Å²) < 4.78 is 5.88. The zero-order valence-corrected chi connectivity index (χ0v) is 13.1. The Balaban J connectivity index is 2.14. The van der Waals surface area contributed by atoms with Gasteiger partial charge in [-0.3, -0.25) is 0 Å². The molecule has 2 heteroatoms. The van der Waals surface area contributed by atoms with Gasteiger partial charge in [0.25, 0.3) is 0 Å². The Hall–Kier alpha value is -1.02. The number of hydrogen-bond acceptors (Lipinski definition) is 2. The summed E-state index contributed by atoms with van der Waals surface area (Å²) in [6.45, 7) is 6.30. The van der Waals surface area contributed by atoms with Crippen molar-refractivity contribution in [1.82, 2.24) is 0 Å². The van der Waals surface area contributed by atoms with Gasteiger partial charge in [0.15, 0.2) is 0 Å². The minimum atomic E-state index is -0.699. The molecule has 1 aromatic carbocycles. The molecule has 0 aliphatic heterocycles. The molecule has 1 aliphatic carbocycles. The average Bonchev–Trinajstić information content (AvgIpc) is 2.42. The van der Waals surface area contributed by atoms with Gasteiger partial charge in [0.1, 0.15) is 5.75 Å². The lowest BCUT2D eigenvalue weighted by Gasteiger charge is -2.37. The highest BCUT2D eigenvalue weighted by Gasteiger charge is 2.36. The summed E-state index contributed by atoms with van der Waals surface area (Å²) in [6, 6.07) is 7.98. The molecule has 0 unspecified atom stereocenters. The third-order valence-corrected chi connectivity index (χ3v) is 4.38. The molecule has 0 amide bonds. The van der Waals surface area contributed by atoms with Gasteiger partial charge in [-0.1, -0.05) is 38.0 Å². The molecule has 0 radical (unpaired) electrons. The highest BCUT2D eigenvalue weighted by atomic mass is 16.5. The van der Waals surface area contributed by atoms with Crippen molar-refractivity contribution >= 4 is 0 Å². The Labute approximate surface area is 123 Å². The van der Waals surface area contributed by atoms with Crippen molar-refractivity contribution in [2.24, 2.45) is 5.92 Å². The minimum Gasteiger partial charge on any atom is -0.491 e. The van der Waals surface area contributed by atoms with E-state index < -0.39 is 5.60 Å². The van der Waals surface area contributed by atoms with E-state index in [1.54, 1.807) is 0 Å². The van der Waals surface area contributed by atoms with Crippen LogP contribution in [0.1, 0.15) is 64.9 Å². The normalized spacial score (nSPS) is 26.8. The molecule has 2 rings (SSSR count). The van der Waals surface area contributed by atoms with Gasteiger partial charge in [0.05, 0.1) is 11.7 Å². The first kappa shape index (κ1) is 15.4. The first-order chi connectivity index (χ1) is 9.55. The Bertz CT molecular complexity index is 417. The van der Waals surface area contributed by atoms with Crippen LogP contribution in [0.3, 0.4) is 0 Å². The van der Waals surface area contributed by atoms with E-state index in [2.05, 4.69) is 6.92 Å². The molecular formula is C18H28O2. The van der Waals surface area contributed by atoms with Crippen molar-refractivity contribution in [2.45, 2.75) is 71.0 Å². The van der Waals surface area contributed by atoms with E-state index in [0.717, 1.165) is 42.9 Å². The highest BCUT2D eigenvalue weighted by Crippen LogP contribution is 2.44. The number of hydrogen-bond donors (Lipinski definition) is 1. The summed E-state index contributed by atoms with van der Waals surface area (Å²) in [6.07, 6.45) is 6.64. The lowest BCUT2D eigenvalue weighted by Crippen LogP contribution is -2.32. The number of para-hydroxylation sites is 1. The van der Waals surface area contributed by atoms with Crippen LogP contribution in [0.2, 0.25) is 0 Å². The van der Waals surface area contributed by atoms with Gasteiger partial charge >= 0.3 is 0 Å². The van der Waals surface area contributed by atoms with Gasteiger partial charge in [-0.25, -0.2) is 0 Å². The molecular weight excluding hydrogens is 248 g/mol. The third kappa shape index (κ3) is 3.54. The maximum Gasteiger partial charge on any atom is 0.125 e. The van der Waals surface area contributed by atoms with E-state index in [4.69, 9.17) is 4.74 Å². The summed E-state index contributed by atoms with van der Waals surface area (Å²) >= 11 is 0. The summed E-state index contributed by atoms with van der Waals surface area (Å²) in [5.41, 5.74) is 0.277. The predicted molar refractivity (Wildman–Crippen MR) is 83.0 cm³/mol. The number of aliphatic hydroxyl groups is 1. The van der Waals surface area contributed by atoms with Crippen LogP contribution in [-0.2, 0) is 5.60 Å². The highest BCUT2D eigenvalue weighted by molar-refractivity contribution is 5.38. The summed E-state index contributed by atoms with van der Waals surface area (Å²) in [5, 5.41) is 11.0. The van der Waals surface area contributed by atoms with E-state index in [-0.39, 0.29) is 6.10 Å². The second kappa shape index (κ2) is 6.62. The summed E-state index contributed by atoms with van der Waals surface area (Å²) in [4.78, 5) is 0. The molecule has 1 aliphatic rings. The molecule has 0 aromatic heterocycles. The lowest BCUT2D eigenvalue weighted by molar-refractivity contribution is -0.0178. The molecule has 1 fully saturated rings. The van der Waals surface area contributed by atoms with Crippen LogP contribution >= 0.6 is 0 Å². The zero-order valence-electron chi connectivity index (χ0n) is 13.1. The predicted octanol–water partition coefficient (Wildman–Crippen LogP) is 4.65. The molecule has 0 heterocycles. The van der Waals surface area contributed by atoms with Gasteiger partial charge in [-0.2, -0.15) is 0 Å². The summed E-state index contributed by atoms with van der Waals surface area (Å²) in [7, 11) is 0. The Morgan fingerprint density at radius 2 is 1.90 bits per heavy atom. The van der Waals surface area contributed by atoms with Crippen molar-refractivity contribution in [3.8, 4) is 5.75 Å². The Morgan fingerprint density at radius 3 is 2.50 bits per heavy atom. The van der Waals surface area contributed by atoms with E-state index in [0.29, 0.717) is 0 Å². The van der Waals surface area contributed by atoms with Crippen LogP contribution in [0.5, 0.6) is 5.75 Å². The fourth-order valence-corrected chi connectivity index (χ4v) is 3.33. The van der Waals surface area contributed by atoms with Gasteiger partial charge in [-0.05, 0) is 51.5 Å². The standard InChI is InChI=1S/C18H28O2/c1-4-7-15-10-12-18(19,13-11-15)16-8-5-6-9-17(16)20-14(2)3/h5-6,8-9,14-15,19H,4,7,10-13H2,1-3H3. The molecule has 1 N–H and O–H groups in total. The fraction of sp³-hybridized carbons (Fsp3) is 0.667. The van der Waals surface area contributed by atoms with Crippen LogP contribution in [0.4, 0.5) is 0 Å². The van der Waals surface area contributed by atoms with Crippen molar-refractivity contribution < 1.29 is 9.84 Å². The van der Waals surface area contributed by atoms with Crippen molar-refractivity contribution in [3.63, 3.8) is 0 Å². The first-order valence-electron chi connectivity index (χ1n) is 8.03. The molecule has 0 atom stereocenters. The number of ether oxygens (including phenoxy) is 1. The van der Waals surface area contributed by atoms with Crippen molar-refractivity contribution in [3.05, 3.63) is 29.8 Å². The molecule has 1 saturated carbocycles. The largest absolute Gasteiger partial charge is 0.491 e. The molecule has 0 spiro atoms. The minimum absolute atomic E-state index is 0.135. The second-order valence-electron chi connectivity index (χ2n) is 6.43. The van der Waals surface area contributed by atoms with Crippen molar-refractivity contribution in [2.75, 3.05) is 0 Å². The van der Waals surface area contributed by atoms with E-state index >= 15 is 0 Å². The molecule has 1 aromatic rings. The molecule has 0 saturated heterocycles. The quantitative estimate of drug-likeness (QED) is 0.848.